The first kappa shape index (κ1) is 21.4. The first-order valence-corrected chi connectivity index (χ1v) is 11.2. The van der Waals surface area contributed by atoms with Gasteiger partial charge in [0.2, 0.25) is 5.89 Å². The van der Waals surface area contributed by atoms with E-state index in [0.717, 1.165) is 10.0 Å². The van der Waals surface area contributed by atoms with Crippen molar-refractivity contribution in [3.8, 4) is 11.5 Å². The fraction of sp³-hybridized carbons (Fsp3) is 0.105. The molecule has 0 spiro atoms. The van der Waals surface area contributed by atoms with Crippen LogP contribution in [-0.4, -0.2) is 27.1 Å². The largest absolute Gasteiger partial charge is 0.455 e. The van der Waals surface area contributed by atoms with Gasteiger partial charge < -0.3 is 13.6 Å². The first-order chi connectivity index (χ1) is 15.0. The zero-order valence-electron chi connectivity index (χ0n) is 15.5. The van der Waals surface area contributed by atoms with Crippen molar-refractivity contribution < 1.29 is 23.2 Å². The van der Waals surface area contributed by atoms with Crippen LogP contribution in [0.1, 0.15) is 22.1 Å². The van der Waals surface area contributed by atoms with Crippen molar-refractivity contribution in [2.24, 2.45) is 0 Å². The lowest BCUT2D eigenvalue weighted by Crippen LogP contribution is -2.11. The lowest BCUT2D eigenvalue weighted by molar-refractivity contribution is -0.144. The van der Waals surface area contributed by atoms with Crippen molar-refractivity contribution in [1.29, 1.82) is 0 Å². The van der Waals surface area contributed by atoms with Crippen LogP contribution >= 0.6 is 43.2 Å². The SMILES string of the molecule is O=C(Cc1csc(NC(=O)c2ccc(Br)o2)n1)OCc1nnc(-c2ccc(Br)cc2)o1. The maximum absolute atomic E-state index is 12.1. The van der Waals surface area contributed by atoms with E-state index >= 15 is 0 Å². The van der Waals surface area contributed by atoms with Gasteiger partial charge >= 0.3 is 5.97 Å². The number of carbonyl (C=O) groups is 2. The molecule has 4 aromatic rings. The lowest BCUT2D eigenvalue weighted by Gasteiger charge is -2.00. The highest BCUT2D eigenvalue weighted by molar-refractivity contribution is 9.10. The monoisotopic (exact) mass is 566 g/mol. The van der Waals surface area contributed by atoms with Gasteiger partial charge in [-0.05, 0) is 52.3 Å². The summed E-state index contributed by atoms with van der Waals surface area (Å²) in [4.78, 5) is 28.4. The number of esters is 1. The van der Waals surface area contributed by atoms with Gasteiger partial charge in [0, 0.05) is 15.4 Å². The minimum Gasteiger partial charge on any atom is -0.455 e. The molecule has 3 aromatic heterocycles. The van der Waals surface area contributed by atoms with Gasteiger partial charge in [-0.3, -0.25) is 14.9 Å². The van der Waals surface area contributed by atoms with Crippen LogP contribution in [-0.2, 0) is 22.6 Å². The highest BCUT2D eigenvalue weighted by atomic mass is 79.9. The summed E-state index contributed by atoms with van der Waals surface area (Å²) in [6.45, 7) is -0.149. The summed E-state index contributed by atoms with van der Waals surface area (Å²) in [6.07, 6.45) is -0.0631. The van der Waals surface area contributed by atoms with Crippen molar-refractivity contribution >= 4 is 60.2 Å². The fourth-order valence-corrected chi connectivity index (χ4v) is 3.68. The number of hydrogen-bond acceptors (Lipinski definition) is 9. The van der Waals surface area contributed by atoms with E-state index in [1.807, 2.05) is 24.3 Å². The molecule has 0 atom stereocenters. The van der Waals surface area contributed by atoms with Gasteiger partial charge in [-0.15, -0.1) is 21.5 Å². The van der Waals surface area contributed by atoms with Crippen molar-refractivity contribution in [3.05, 3.63) is 68.3 Å². The van der Waals surface area contributed by atoms with Crippen molar-refractivity contribution in [2.75, 3.05) is 5.32 Å². The number of furan rings is 1. The number of amides is 1. The summed E-state index contributed by atoms with van der Waals surface area (Å²) in [5.41, 5.74) is 1.22. The summed E-state index contributed by atoms with van der Waals surface area (Å²) >= 11 is 7.69. The Bertz CT molecular complexity index is 1220. The second-order valence-corrected chi connectivity index (χ2v) is 8.60. The fourth-order valence-electron chi connectivity index (χ4n) is 2.40. The molecular formula is C19H12Br2N4O5S. The zero-order valence-corrected chi connectivity index (χ0v) is 19.5. The zero-order chi connectivity index (χ0) is 21.8. The molecule has 0 unspecified atom stereocenters. The molecule has 1 aromatic carbocycles. The summed E-state index contributed by atoms with van der Waals surface area (Å²) in [6, 6.07) is 10.5. The quantitative estimate of drug-likeness (QED) is 0.315. The number of anilines is 1. The molecule has 1 amide bonds. The Hall–Kier alpha value is -2.83. The summed E-state index contributed by atoms with van der Waals surface area (Å²) < 4.78 is 17.3. The van der Waals surface area contributed by atoms with Crippen LogP contribution in [0, 0.1) is 0 Å². The number of halogens is 2. The van der Waals surface area contributed by atoms with Crippen LogP contribution in [0.25, 0.3) is 11.5 Å². The highest BCUT2D eigenvalue weighted by Gasteiger charge is 2.15. The topological polar surface area (TPSA) is 120 Å². The number of nitrogens with one attached hydrogen (secondary N) is 1. The van der Waals surface area contributed by atoms with Crippen molar-refractivity contribution in [1.82, 2.24) is 15.2 Å². The number of thiazole rings is 1. The number of rotatable bonds is 7. The van der Waals surface area contributed by atoms with Gasteiger partial charge in [-0.1, -0.05) is 15.9 Å². The number of carbonyl (C=O) groups excluding carboxylic acids is 2. The van der Waals surface area contributed by atoms with Crippen LogP contribution < -0.4 is 5.32 Å². The van der Waals surface area contributed by atoms with E-state index in [1.54, 1.807) is 11.4 Å². The Morgan fingerprint density at radius 3 is 2.61 bits per heavy atom. The highest BCUT2D eigenvalue weighted by Crippen LogP contribution is 2.21. The van der Waals surface area contributed by atoms with E-state index in [4.69, 9.17) is 13.6 Å². The van der Waals surface area contributed by atoms with Crippen LogP contribution in [0.5, 0.6) is 0 Å². The molecule has 0 saturated carbocycles. The third-order valence-corrected chi connectivity index (χ3v) is 5.57. The standard InChI is InChI=1S/C19H12Br2N4O5S/c20-11-3-1-10(2-4-11)18-25-24-15(30-18)8-28-16(26)7-12-9-31-19(22-12)23-17(27)13-5-6-14(21)29-13/h1-6,9H,7-8H2,(H,22,23,27). The Morgan fingerprint density at radius 1 is 1.06 bits per heavy atom. The normalized spacial score (nSPS) is 10.8. The van der Waals surface area contributed by atoms with Crippen LogP contribution in [0.4, 0.5) is 5.13 Å². The number of hydrogen-bond donors (Lipinski definition) is 1. The van der Waals surface area contributed by atoms with Gasteiger partial charge in [0.1, 0.15) is 0 Å². The van der Waals surface area contributed by atoms with Crippen molar-refractivity contribution in [2.45, 2.75) is 13.0 Å². The molecule has 4 rings (SSSR count). The molecule has 158 valence electrons. The molecule has 0 aliphatic carbocycles. The predicted octanol–water partition coefficient (Wildman–Crippen LogP) is 4.85. The van der Waals surface area contributed by atoms with Gasteiger partial charge in [0.25, 0.3) is 11.8 Å². The minimum atomic E-state index is -0.512. The smallest absolute Gasteiger partial charge is 0.312 e. The van der Waals surface area contributed by atoms with Crippen LogP contribution in [0.2, 0.25) is 0 Å². The lowest BCUT2D eigenvalue weighted by atomic mass is 10.2. The summed E-state index contributed by atoms with van der Waals surface area (Å²) in [5.74, 6) is -0.289. The molecule has 0 aliphatic rings. The number of ether oxygens (including phenoxy) is 1. The molecule has 1 N–H and O–H groups in total. The van der Waals surface area contributed by atoms with E-state index in [0.29, 0.717) is 21.4 Å². The molecule has 31 heavy (non-hydrogen) atoms. The Kier molecular flexibility index (Phi) is 6.59. The average Bonchev–Trinajstić information content (AvgIpc) is 3.49. The average molecular weight is 568 g/mol. The van der Waals surface area contributed by atoms with Gasteiger partial charge in [0.05, 0.1) is 12.1 Å². The third kappa shape index (κ3) is 5.66. The Balaban J connectivity index is 1.28. The first-order valence-electron chi connectivity index (χ1n) is 8.71. The Labute approximate surface area is 196 Å². The third-order valence-electron chi connectivity index (χ3n) is 3.81. The van der Waals surface area contributed by atoms with E-state index in [1.165, 1.54) is 17.4 Å². The van der Waals surface area contributed by atoms with Gasteiger partial charge in [0.15, 0.2) is 22.2 Å². The molecule has 3 heterocycles. The Morgan fingerprint density at radius 2 is 1.87 bits per heavy atom. The summed E-state index contributed by atoms with van der Waals surface area (Å²) in [7, 11) is 0. The maximum Gasteiger partial charge on any atom is 0.312 e. The van der Waals surface area contributed by atoms with E-state index in [9.17, 15) is 9.59 Å². The summed E-state index contributed by atoms with van der Waals surface area (Å²) in [5, 5.41) is 12.4. The molecule has 0 fully saturated rings. The maximum atomic E-state index is 12.1. The molecule has 0 aliphatic heterocycles. The van der Waals surface area contributed by atoms with E-state index in [-0.39, 0.29) is 24.7 Å². The second kappa shape index (κ2) is 9.54. The van der Waals surface area contributed by atoms with Crippen LogP contribution in [0.15, 0.2) is 59.8 Å². The number of aromatic nitrogens is 3. The van der Waals surface area contributed by atoms with E-state index in [2.05, 4.69) is 52.4 Å². The molecule has 9 nitrogen and oxygen atoms in total. The second-order valence-electron chi connectivity index (χ2n) is 6.05. The predicted molar refractivity (Wildman–Crippen MR) is 117 cm³/mol. The number of nitrogens with zero attached hydrogens (tertiary/aromatic N) is 3. The minimum absolute atomic E-state index is 0.0631. The van der Waals surface area contributed by atoms with Crippen LogP contribution in [0.3, 0.4) is 0 Å². The molecular weight excluding hydrogens is 556 g/mol. The van der Waals surface area contributed by atoms with Crippen molar-refractivity contribution in [3.63, 3.8) is 0 Å². The number of benzene rings is 1. The van der Waals surface area contributed by atoms with Gasteiger partial charge in [-0.2, -0.15) is 0 Å². The molecule has 12 heteroatoms. The van der Waals surface area contributed by atoms with Gasteiger partial charge in [-0.25, -0.2) is 4.98 Å². The molecule has 0 radical (unpaired) electrons. The molecule has 0 saturated heterocycles. The van der Waals surface area contributed by atoms with E-state index < -0.39 is 11.9 Å². The molecule has 0 bridgehead atoms.